The Morgan fingerprint density at radius 2 is 1.90 bits per heavy atom. The number of nitrogens with one attached hydrogen (secondary N) is 1. The minimum absolute atomic E-state index is 0.340. The van der Waals surface area contributed by atoms with Gasteiger partial charge in [0.05, 0.1) is 0 Å². The molecule has 0 unspecified atom stereocenters. The molecule has 3 aliphatic rings. The van der Waals surface area contributed by atoms with Crippen LogP contribution in [-0.2, 0) is 0 Å². The molecule has 4 heteroatoms. The highest BCUT2D eigenvalue weighted by molar-refractivity contribution is 5.57. The Hall–Kier alpha value is -1.42. The Morgan fingerprint density at radius 1 is 1.05 bits per heavy atom. The van der Waals surface area contributed by atoms with Crippen molar-refractivity contribution >= 4 is 5.69 Å². The van der Waals surface area contributed by atoms with Gasteiger partial charge in [-0.2, -0.15) is 0 Å². The van der Waals surface area contributed by atoms with Gasteiger partial charge in [-0.3, -0.25) is 0 Å². The predicted molar refractivity (Wildman–Crippen MR) is 78.6 cm³/mol. The van der Waals surface area contributed by atoms with Gasteiger partial charge < -0.3 is 19.7 Å². The highest BCUT2D eigenvalue weighted by atomic mass is 16.7. The molecule has 2 heterocycles. The van der Waals surface area contributed by atoms with E-state index in [0.29, 0.717) is 12.3 Å². The number of fused-ring (bicyclic) bond motifs is 1. The van der Waals surface area contributed by atoms with Crippen molar-refractivity contribution in [2.24, 2.45) is 0 Å². The second-order valence-electron chi connectivity index (χ2n) is 6.23. The van der Waals surface area contributed by atoms with Crippen molar-refractivity contribution in [3.8, 4) is 11.5 Å². The first kappa shape index (κ1) is 12.3. The van der Waals surface area contributed by atoms with Crippen molar-refractivity contribution in [1.82, 2.24) is 5.32 Å². The summed E-state index contributed by atoms with van der Waals surface area (Å²) >= 11 is 0. The standard InChI is InChI=1S/C16H22N2O2/c1-2-6-16(7-3-1)11-18(9-8-17-16)13-4-5-14-15(10-13)20-12-19-14/h4-5,10,17H,1-3,6-9,11-12H2. The summed E-state index contributed by atoms with van der Waals surface area (Å²) in [6, 6.07) is 6.33. The van der Waals surface area contributed by atoms with Gasteiger partial charge in [0.25, 0.3) is 0 Å². The predicted octanol–water partition coefficient (Wildman–Crippen LogP) is 2.53. The zero-order chi connectivity index (χ0) is 13.4. The lowest BCUT2D eigenvalue weighted by Crippen LogP contribution is -2.61. The molecule has 0 aromatic heterocycles. The van der Waals surface area contributed by atoms with Crippen LogP contribution in [0.4, 0.5) is 5.69 Å². The number of piperazine rings is 1. The average Bonchev–Trinajstić information content (AvgIpc) is 2.95. The summed E-state index contributed by atoms with van der Waals surface area (Å²) in [5.74, 6) is 1.76. The number of nitrogens with zero attached hydrogens (tertiary/aromatic N) is 1. The molecule has 1 N–H and O–H groups in total. The quantitative estimate of drug-likeness (QED) is 0.853. The molecule has 0 radical (unpaired) electrons. The van der Waals surface area contributed by atoms with Crippen LogP contribution in [0.2, 0.25) is 0 Å². The molecule has 0 bridgehead atoms. The molecule has 1 aliphatic carbocycles. The van der Waals surface area contributed by atoms with Crippen molar-refractivity contribution in [2.45, 2.75) is 37.6 Å². The lowest BCUT2D eigenvalue weighted by molar-refractivity contribution is 0.174. The summed E-state index contributed by atoms with van der Waals surface area (Å²) in [6.45, 7) is 3.62. The van der Waals surface area contributed by atoms with Crippen LogP contribution in [0.1, 0.15) is 32.1 Å². The molecule has 2 aliphatic heterocycles. The van der Waals surface area contributed by atoms with Crippen LogP contribution < -0.4 is 19.7 Å². The maximum Gasteiger partial charge on any atom is 0.231 e. The molecule has 4 nitrogen and oxygen atoms in total. The molecule has 20 heavy (non-hydrogen) atoms. The van der Waals surface area contributed by atoms with E-state index in [9.17, 15) is 0 Å². The molecule has 2 fully saturated rings. The summed E-state index contributed by atoms with van der Waals surface area (Å²) in [6.07, 6.45) is 6.75. The first-order valence-corrected chi connectivity index (χ1v) is 7.74. The van der Waals surface area contributed by atoms with Crippen LogP contribution in [0, 0.1) is 0 Å². The maximum atomic E-state index is 5.50. The fourth-order valence-electron chi connectivity index (χ4n) is 3.82. The zero-order valence-electron chi connectivity index (χ0n) is 11.9. The normalized spacial score (nSPS) is 24.1. The van der Waals surface area contributed by atoms with Gasteiger partial charge >= 0.3 is 0 Å². The zero-order valence-corrected chi connectivity index (χ0v) is 11.9. The minimum Gasteiger partial charge on any atom is -0.454 e. The van der Waals surface area contributed by atoms with Gasteiger partial charge in [0.2, 0.25) is 6.79 Å². The van der Waals surface area contributed by atoms with Crippen molar-refractivity contribution in [2.75, 3.05) is 31.3 Å². The summed E-state index contributed by atoms with van der Waals surface area (Å²) in [5.41, 5.74) is 1.60. The van der Waals surface area contributed by atoms with Crippen LogP contribution in [0.15, 0.2) is 18.2 Å². The monoisotopic (exact) mass is 274 g/mol. The lowest BCUT2D eigenvalue weighted by Gasteiger charge is -2.47. The molecule has 108 valence electrons. The van der Waals surface area contributed by atoms with Crippen molar-refractivity contribution in [1.29, 1.82) is 0 Å². The fraction of sp³-hybridized carbons (Fsp3) is 0.625. The van der Waals surface area contributed by atoms with E-state index in [4.69, 9.17) is 9.47 Å². The van der Waals surface area contributed by atoms with E-state index in [-0.39, 0.29) is 0 Å². The molecule has 0 amide bonds. The number of anilines is 1. The van der Waals surface area contributed by atoms with Crippen molar-refractivity contribution < 1.29 is 9.47 Å². The Kier molecular flexibility index (Phi) is 2.99. The molecule has 1 saturated carbocycles. The van der Waals surface area contributed by atoms with Crippen LogP contribution in [0.3, 0.4) is 0 Å². The Morgan fingerprint density at radius 3 is 2.80 bits per heavy atom. The maximum absolute atomic E-state index is 5.50. The summed E-state index contributed by atoms with van der Waals surface area (Å²) in [7, 11) is 0. The van der Waals surface area contributed by atoms with E-state index < -0.39 is 0 Å². The van der Waals surface area contributed by atoms with Gasteiger partial charge in [-0.15, -0.1) is 0 Å². The largest absolute Gasteiger partial charge is 0.454 e. The lowest BCUT2D eigenvalue weighted by atomic mass is 9.80. The number of hydrogen-bond donors (Lipinski definition) is 1. The van der Waals surface area contributed by atoms with E-state index in [1.807, 2.05) is 6.07 Å². The van der Waals surface area contributed by atoms with Crippen LogP contribution in [0.5, 0.6) is 11.5 Å². The Bertz CT molecular complexity index is 492. The Labute approximate surface area is 120 Å². The number of hydrogen-bond acceptors (Lipinski definition) is 4. The number of benzene rings is 1. The summed E-state index contributed by atoms with van der Waals surface area (Å²) < 4.78 is 10.9. The van der Waals surface area contributed by atoms with Gasteiger partial charge in [0, 0.05) is 36.9 Å². The fourth-order valence-corrected chi connectivity index (χ4v) is 3.82. The third-order valence-electron chi connectivity index (χ3n) is 4.91. The Balaban J connectivity index is 1.55. The van der Waals surface area contributed by atoms with Crippen molar-refractivity contribution in [3.63, 3.8) is 0 Å². The van der Waals surface area contributed by atoms with E-state index in [2.05, 4.69) is 22.3 Å². The van der Waals surface area contributed by atoms with Crippen LogP contribution in [-0.4, -0.2) is 32.0 Å². The number of ether oxygens (including phenoxy) is 2. The van der Waals surface area contributed by atoms with Gasteiger partial charge in [-0.1, -0.05) is 19.3 Å². The van der Waals surface area contributed by atoms with E-state index in [1.54, 1.807) is 0 Å². The first-order chi connectivity index (χ1) is 9.85. The molecule has 1 aromatic rings. The van der Waals surface area contributed by atoms with Crippen molar-refractivity contribution in [3.05, 3.63) is 18.2 Å². The average molecular weight is 274 g/mol. The molecule has 1 saturated heterocycles. The van der Waals surface area contributed by atoms with Crippen LogP contribution in [0.25, 0.3) is 0 Å². The van der Waals surface area contributed by atoms with Gasteiger partial charge in [0.15, 0.2) is 11.5 Å². The van der Waals surface area contributed by atoms with Crippen LogP contribution >= 0.6 is 0 Å². The van der Waals surface area contributed by atoms with E-state index >= 15 is 0 Å². The smallest absolute Gasteiger partial charge is 0.231 e. The molecular weight excluding hydrogens is 252 g/mol. The second-order valence-corrected chi connectivity index (χ2v) is 6.23. The molecule has 4 rings (SSSR count). The number of rotatable bonds is 1. The molecular formula is C16H22N2O2. The summed E-state index contributed by atoms with van der Waals surface area (Å²) in [4.78, 5) is 2.50. The first-order valence-electron chi connectivity index (χ1n) is 7.74. The third-order valence-corrected chi connectivity index (χ3v) is 4.91. The highest BCUT2D eigenvalue weighted by Gasteiger charge is 2.36. The van der Waals surface area contributed by atoms with Gasteiger partial charge in [-0.25, -0.2) is 0 Å². The minimum atomic E-state index is 0.340. The molecule has 0 atom stereocenters. The molecule has 1 spiro atoms. The topological polar surface area (TPSA) is 33.7 Å². The second kappa shape index (κ2) is 4.85. The third kappa shape index (κ3) is 2.12. The SMILES string of the molecule is c1cc2c(cc1N1CCNC3(CCCCC3)C1)OCO2. The highest BCUT2D eigenvalue weighted by Crippen LogP contribution is 2.37. The molecule has 1 aromatic carbocycles. The van der Waals surface area contributed by atoms with Gasteiger partial charge in [-0.05, 0) is 25.0 Å². The van der Waals surface area contributed by atoms with E-state index in [1.165, 1.54) is 37.8 Å². The summed E-state index contributed by atoms with van der Waals surface area (Å²) in [5, 5.41) is 3.79. The van der Waals surface area contributed by atoms with Gasteiger partial charge in [0.1, 0.15) is 0 Å². The van der Waals surface area contributed by atoms with E-state index in [0.717, 1.165) is 31.1 Å².